The first-order chi connectivity index (χ1) is 13.7. The third-order valence-electron chi connectivity index (χ3n) is 6.07. The summed E-state index contributed by atoms with van der Waals surface area (Å²) in [6.07, 6.45) is 3.71. The molecule has 0 aliphatic carbocycles. The molecule has 2 saturated heterocycles. The van der Waals surface area contributed by atoms with Crippen LogP contribution >= 0.6 is 0 Å². The first kappa shape index (κ1) is 17.0. The lowest BCUT2D eigenvalue weighted by Crippen LogP contribution is -2.54. The molecule has 1 N–H and O–H groups in total. The summed E-state index contributed by atoms with van der Waals surface area (Å²) in [6.45, 7) is 0.651. The van der Waals surface area contributed by atoms with Gasteiger partial charge in [0.15, 0.2) is 0 Å². The Balaban J connectivity index is 1.51. The summed E-state index contributed by atoms with van der Waals surface area (Å²) >= 11 is 0. The molecule has 5 heteroatoms. The Morgan fingerprint density at radius 1 is 1.11 bits per heavy atom. The molecule has 2 aliphatic rings. The molecule has 142 valence electrons. The average molecular weight is 374 g/mol. The Morgan fingerprint density at radius 2 is 1.89 bits per heavy atom. The number of hydrogen-bond donors (Lipinski definition) is 1. The predicted molar refractivity (Wildman–Crippen MR) is 106 cm³/mol. The molecule has 0 radical (unpaired) electrons. The van der Waals surface area contributed by atoms with Gasteiger partial charge in [-0.1, -0.05) is 36.4 Å². The number of ether oxygens (including phenoxy) is 1. The monoisotopic (exact) mass is 374 g/mol. The van der Waals surface area contributed by atoms with Gasteiger partial charge in [0.1, 0.15) is 6.10 Å². The number of hydrogen-bond acceptors (Lipinski definition) is 3. The maximum Gasteiger partial charge on any atom is 0.306 e. The zero-order valence-electron chi connectivity index (χ0n) is 15.5. The number of likely N-dealkylation sites (tertiary alicyclic amines) is 1. The number of esters is 1. The van der Waals surface area contributed by atoms with E-state index in [4.69, 9.17) is 4.74 Å². The summed E-state index contributed by atoms with van der Waals surface area (Å²) in [5, 5.41) is 1.15. The van der Waals surface area contributed by atoms with Gasteiger partial charge in [0.05, 0.1) is 12.5 Å². The Kier molecular flexibility index (Phi) is 4.15. The molecule has 5 rings (SSSR count). The zero-order chi connectivity index (χ0) is 19.1. The Morgan fingerprint density at radius 3 is 2.75 bits per heavy atom. The Hall–Kier alpha value is -3.08. The lowest BCUT2D eigenvalue weighted by Gasteiger charge is -2.41. The number of benzene rings is 2. The normalized spacial score (nSPS) is 24.2. The number of fused-ring (bicyclic) bond motifs is 2. The van der Waals surface area contributed by atoms with Gasteiger partial charge in [-0.05, 0) is 36.6 Å². The minimum atomic E-state index is -0.234. The van der Waals surface area contributed by atoms with Crippen LogP contribution in [0.2, 0.25) is 0 Å². The van der Waals surface area contributed by atoms with Crippen LogP contribution < -0.4 is 0 Å². The molecule has 28 heavy (non-hydrogen) atoms. The van der Waals surface area contributed by atoms with E-state index in [0.29, 0.717) is 24.9 Å². The smallest absolute Gasteiger partial charge is 0.306 e. The molecule has 2 aliphatic heterocycles. The molecule has 0 spiro atoms. The summed E-state index contributed by atoms with van der Waals surface area (Å²) in [5.74, 6) is 0.0577. The summed E-state index contributed by atoms with van der Waals surface area (Å²) in [6, 6.07) is 17.4. The highest BCUT2D eigenvalue weighted by atomic mass is 16.6. The van der Waals surface area contributed by atoms with Gasteiger partial charge in [-0.2, -0.15) is 0 Å². The van der Waals surface area contributed by atoms with Crippen molar-refractivity contribution in [3.05, 3.63) is 71.9 Å². The highest BCUT2D eigenvalue weighted by Gasteiger charge is 2.47. The maximum atomic E-state index is 13.2. The Labute approximate surface area is 163 Å². The largest absolute Gasteiger partial charge is 0.460 e. The van der Waals surface area contributed by atoms with Crippen LogP contribution in [0, 0.1) is 5.92 Å². The van der Waals surface area contributed by atoms with Crippen molar-refractivity contribution in [1.29, 1.82) is 0 Å². The van der Waals surface area contributed by atoms with Gasteiger partial charge in [0, 0.05) is 35.1 Å². The van der Waals surface area contributed by atoms with Crippen LogP contribution in [0.5, 0.6) is 0 Å². The van der Waals surface area contributed by atoms with Gasteiger partial charge < -0.3 is 14.6 Å². The molecule has 1 aromatic heterocycles. The number of nitrogens with one attached hydrogen (secondary N) is 1. The van der Waals surface area contributed by atoms with Crippen molar-refractivity contribution in [3.63, 3.8) is 0 Å². The first-order valence-corrected chi connectivity index (χ1v) is 9.81. The lowest BCUT2D eigenvalue weighted by molar-refractivity contribution is -0.144. The van der Waals surface area contributed by atoms with Crippen molar-refractivity contribution >= 4 is 22.8 Å². The second-order valence-corrected chi connectivity index (χ2v) is 7.70. The van der Waals surface area contributed by atoms with E-state index in [0.717, 1.165) is 22.9 Å². The molecular formula is C23H22N2O3. The fourth-order valence-electron chi connectivity index (χ4n) is 4.68. The summed E-state index contributed by atoms with van der Waals surface area (Å²) < 4.78 is 5.71. The quantitative estimate of drug-likeness (QED) is 0.713. The molecule has 1 amide bonds. The number of nitrogens with zero attached hydrogens (tertiary/aromatic N) is 1. The van der Waals surface area contributed by atoms with E-state index < -0.39 is 0 Å². The minimum absolute atomic E-state index is 0.00633. The highest BCUT2D eigenvalue weighted by molar-refractivity contribution is 5.94. The standard InChI is InChI=1S/C23H22N2O3/c26-21-13-16-10-11-25(23(27)15-6-2-1-3-7-15)20(22(16)28-21)12-17-14-24-19-9-5-4-8-18(17)19/h1-9,14,16,20,22,24H,10-13H2. The summed E-state index contributed by atoms with van der Waals surface area (Å²) in [5.41, 5.74) is 2.90. The third-order valence-corrected chi connectivity index (χ3v) is 6.07. The van der Waals surface area contributed by atoms with Crippen molar-refractivity contribution in [1.82, 2.24) is 9.88 Å². The van der Waals surface area contributed by atoms with Gasteiger partial charge in [-0.25, -0.2) is 0 Å². The predicted octanol–water partition coefficient (Wildman–Crippen LogP) is 3.56. The molecule has 0 saturated carbocycles. The topological polar surface area (TPSA) is 62.4 Å². The van der Waals surface area contributed by atoms with E-state index in [-0.39, 0.29) is 29.9 Å². The van der Waals surface area contributed by atoms with E-state index in [1.165, 1.54) is 0 Å². The summed E-state index contributed by atoms with van der Waals surface area (Å²) in [7, 11) is 0. The molecular weight excluding hydrogens is 352 g/mol. The summed E-state index contributed by atoms with van der Waals surface area (Å²) in [4.78, 5) is 30.5. The number of piperidine rings is 1. The van der Waals surface area contributed by atoms with Crippen molar-refractivity contribution < 1.29 is 14.3 Å². The number of amides is 1. The SMILES string of the molecule is O=C1CC2CCN(C(=O)c3ccccc3)C(Cc3c[nH]c4ccccc34)C2O1. The second kappa shape index (κ2) is 6.82. The fraction of sp³-hybridized carbons (Fsp3) is 0.304. The first-order valence-electron chi connectivity index (χ1n) is 9.81. The van der Waals surface area contributed by atoms with Crippen LogP contribution in [0.25, 0.3) is 10.9 Å². The average Bonchev–Trinajstić information content (AvgIpc) is 3.31. The molecule has 2 aromatic carbocycles. The number of carbonyl (C=O) groups excluding carboxylic acids is 2. The Bertz CT molecular complexity index is 1030. The molecule has 3 heterocycles. The van der Waals surface area contributed by atoms with Crippen LogP contribution in [-0.4, -0.2) is 40.5 Å². The van der Waals surface area contributed by atoms with Crippen LogP contribution in [0.15, 0.2) is 60.8 Å². The second-order valence-electron chi connectivity index (χ2n) is 7.70. The van der Waals surface area contributed by atoms with Crippen molar-refractivity contribution in [2.24, 2.45) is 5.92 Å². The van der Waals surface area contributed by atoms with Crippen molar-refractivity contribution in [2.75, 3.05) is 6.54 Å². The molecule has 3 unspecified atom stereocenters. The van der Waals surface area contributed by atoms with E-state index in [2.05, 4.69) is 11.1 Å². The van der Waals surface area contributed by atoms with E-state index in [1.807, 2.05) is 59.6 Å². The third kappa shape index (κ3) is 2.87. The number of rotatable bonds is 3. The van der Waals surface area contributed by atoms with Gasteiger partial charge in [0.25, 0.3) is 5.91 Å². The fourth-order valence-corrected chi connectivity index (χ4v) is 4.68. The molecule has 5 nitrogen and oxygen atoms in total. The van der Waals surface area contributed by atoms with Crippen LogP contribution in [0.4, 0.5) is 0 Å². The van der Waals surface area contributed by atoms with E-state index in [1.54, 1.807) is 0 Å². The van der Waals surface area contributed by atoms with Crippen LogP contribution in [-0.2, 0) is 16.0 Å². The number of para-hydroxylation sites is 1. The molecule has 0 bridgehead atoms. The maximum absolute atomic E-state index is 13.2. The number of aromatic nitrogens is 1. The molecule has 3 atom stereocenters. The van der Waals surface area contributed by atoms with Gasteiger partial charge in [-0.3, -0.25) is 9.59 Å². The number of aromatic amines is 1. The zero-order valence-corrected chi connectivity index (χ0v) is 15.5. The van der Waals surface area contributed by atoms with Gasteiger partial charge in [-0.15, -0.1) is 0 Å². The van der Waals surface area contributed by atoms with E-state index in [9.17, 15) is 9.59 Å². The van der Waals surface area contributed by atoms with Crippen LogP contribution in [0.3, 0.4) is 0 Å². The van der Waals surface area contributed by atoms with E-state index >= 15 is 0 Å². The molecule has 2 fully saturated rings. The molecule has 3 aromatic rings. The van der Waals surface area contributed by atoms with Gasteiger partial charge >= 0.3 is 5.97 Å². The van der Waals surface area contributed by atoms with Crippen LogP contribution in [0.1, 0.15) is 28.8 Å². The lowest BCUT2D eigenvalue weighted by atomic mass is 9.84. The number of carbonyl (C=O) groups is 2. The number of H-pyrrole nitrogens is 1. The van der Waals surface area contributed by atoms with Gasteiger partial charge in [0.2, 0.25) is 0 Å². The van der Waals surface area contributed by atoms with Crippen molar-refractivity contribution in [3.8, 4) is 0 Å². The van der Waals surface area contributed by atoms with Crippen molar-refractivity contribution in [2.45, 2.75) is 31.4 Å². The minimum Gasteiger partial charge on any atom is -0.460 e. The highest BCUT2D eigenvalue weighted by Crippen LogP contribution is 2.37.